The van der Waals surface area contributed by atoms with E-state index in [1.54, 1.807) is 24.3 Å². The number of anilines is 1. The predicted molar refractivity (Wildman–Crippen MR) is 105 cm³/mol. The van der Waals surface area contributed by atoms with E-state index in [4.69, 9.17) is 11.6 Å². The summed E-state index contributed by atoms with van der Waals surface area (Å²) in [5.41, 5.74) is 4.24. The zero-order valence-corrected chi connectivity index (χ0v) is 16.0. The number of aryl methyl sites for hydroxylation is 2. The smallest absolute Gasteiger partial charge is 0.278 e. The van der Waals surface area contributed by atoms with Gasteiger partial charge in [0.1, 0.15) is 5.70 Å². The molecule has 0 saturated carbocycles. The summed E-state index contributed by atoms with van der Waals surface area (Å²) in [5, 5.41) is 3.79. The molecular formula is C21H21ClN2O2. The Bertz CT molecular complexity index is 914. The summed E-state index contributed by atoms with van der Waals surface area (Å²) in [5.74, 6) is -0.601. The molecule has 3 rings (SSSR count). The summed E-state index contributed by atoms with van der Waals surface area (Å²) < 4.78 is 0. The molecule has 0 aromatic heterocycles. The molecule has 4 nitrogen and oxygen atoms in total. The summed E-state index contributed by atoms with van der Waals surface area (Å²) in [7, 11) is 0. The SMILES string of the molecule is Cc1ccc(C)c(NC2=C(c3ccc(Cl)cc3)C(=O)N(C(C)C)C2=O)c1. The Labute approximate surface area is 158 Å². The molecular weight excluding hydrogens is 348 g/mol. The second-order valence-corrected chi connectivity index (χ2v) is 7.21. The van der Waals surface area contributed by atoms with Crippen molar-refractivity contribution < 1.29 is 9.59 Å². The van der Waals surface area contributed by atoms with Crippen LogP contribution in [0.1, 0.15) is 30.5 Å². The van der Waals surface area contributed by atoms with Crippen LogP contribution in [0.15, 0.2) is 48.2 Å². The van der Waals surface area contributed by atoms with Gasteiger partial charge < -0.3 is 5.32 Å². The Hall–Kier alpha value is -2.59. The number of nitrogens with one attached hydrogen (secondary N) is 1. The van der Waals surface area contributed by atoms with Crippen molar-refractivity contribution in [3.63, 3.8) is 0 Å². The van der Waals surface area contributed by atoms with Crippen LogP contribution in [-0.4, -0.2) is 22.8 Å². The minimum atomic E-state index is -0.309. The maximum atomic E-state index is 13.0. The second-order valence-electron chi connectivity index (χ2n) is 6.77. The molecule has 0 saturated heterocycles. The molecule has 0 aliphatic carbocycles. The lowest BCUT2D eigenvalue weighted by Crippen LogP contribution is -2.38. The molecule has 0 fully saturated rings. The van der Waals surface area contributed by atoms with Crippen molar-refractivity contribution in [3.8, 4) is 0 Å². The highest BCUT2D eigenvalue weighted by molar-refractivity contribution is 6.37. The number of imide groups is 1. The average molecular weight is 369 g/mol. The first kappa shape index (κ1) is 18.2. The van der Waals surface area contributed by atoms with Crippen LogP contribution < -0.4 is 5.32 Å². The molecule has 5 heteroatoms. The van der Waals surface area contributed by atoms with E-state index in [2.05, 4.69) is 5.32 Å². The van der Waals surface area contributed by atoms with E-state index >= 15 is 0 Å². The van der Waals surface area contributed by atoms with Gasteiger partial charge in [-0.2, -0.15) is 0 Å². The van der Waals surface area contributed by atoms with Gasteiger partial charge in [0.05, 0.1) is 5.57 Å². The largest absolute Gasteiger partial charge is 0.350 e. The fraction of sp³-hybridized carbons (Fsp3) is 0.238. The van der Waals surface area contributed by atoms with Crippen molar-refractivity contribution in [3.05, 3.63) is 69.9 Å². The molecule has 26 heavy (non-hydrogen) atoms. The van der Waals surface area contributed by atoms with Gasteiger partial charge in [0.2, 0.25) is 0 Å². The number of rotatable bonds is 4. The lowest BCUT2D eigenvalue weighted by Gasteiger charge is -2.19. The van der Waals surface area contributed by atoms with Crippen LogP contribution in [0.2, 0.25) is 5.02 Å². The number of nitrogens with zero attached hydrogens (tertiary/aromatic N) is 1. The van der Waals surface area contributed by atoms with Gasteiger partial charge in [-0.15, -0.1) is 0 Å². The van der Waals surface area contributed by atoms with Crippen molar-refractivity contribution in [2.45, 2.75) is 33.7 Å². The van der Waals surface area contributed by atoms with Gasteiger partial charge in [-0.3, -0.25) is 14.5 Å². The fourth-order valence-corrected chi connectivity index (χ4v) is 3.15. The molecule has 0 atom stereocenters. The molecule has 1 N–H and O–H groups in total. The number of halogens is 1. The Morgan fingerprint density at radius 3 is 2.23 bits per heavy atom. The van der Waals surface area contributed by atoms with Crippen molar-refractivity contribution in [2.75, 3.05) is 5.32 Å². The number of amides is 2. The van der Waals surface area contributed by atoms with Gasteiger partial charge in [0.25, 0.3) is 11.8 Å². The maximum absolute atomic E-state index is 13.0. The Morgan fingerprint density at radius 1 is 0.962 bits per heavy atom. The molecule has 2 aromatic rings. The van der Waals surface area contributed by atoms with Gasteiger partial charge in [0, 0.05) is 16.8 Å². The van der Waals surface area contributed by atoms with Gasteiger partial charge in [-0.05, 0) is 62.6 Å². The monoisotopic (exact) mass is 368 g/mol. The predicted octanol–water partition coefficient (Wildman–Crippen LogP) is 4.56. The molecule has 0 radical (unpaired) electrons. The molecule has 0 unspecified atom stereocenters. The molecule has 1 heterocycles. The third-order valence-corrected chi connectivity index (χ3v) is 4.67. The fourth-order valence-electron chi connectivity index (χ4n) is 3.02. The van der Waals surface area contributed by atoms with Crippen LogP contribution in [0, 0.1) is 13.8 Å². The molecule has 134 valence electrons. The van der Waals surface area contributed by atoms with E-state index in [-0.39, 0.29) is 17.9 Å². The standard InChI is InChI=1S/C21H21ClN2O2/c1-12(2)24-20(25)18(15-7-9-16(22)10-8-15)19(21(24)26)23-17-11-13(3)5-6-14(17)4/h5-12,23H,1-4H3. The summed E-state index contributed by atoms with van der Waals surface area (Å²) in [6.45, 7) is 7.61. The van der Waals surface area contributed by atoms with Gasteiger partial charge in [-0.25, -0.2) is 0 Å². The van der Waals surface area contributed by atoms with Crippen molar-refractivity contribution >= 4 is 34.7 Å². The third-order valence-electron chi connectivity index (χ3n) is 4.42. The van der Waals surface area contributed by atoms with E-state index in [1.807, 2.05) is 45.9 Å². The number of carbonyl (C=O) groups excluding carboxylic acids is 2. The van der Waals surface area contributed by atoms with Crippen LogP contribution in [0.25, 0.3) is 5.57 Å². The second kappa shape index (κ2) is 6.96. The van der Waals surface area contributed by atoms with Crippen LogP contribution in [0.4, 0.5) is 5.69 Å². The Kier molecular flexibility index (Phi) is 4.88. The minimum Gasteiger partial charge on any atom is -0.350 e. The molecule has 0 spiro atoms. The highest BCUT2D eigenvalue weighted by atomic mass is 35.5. The number of hydrogen-bond acceptors (Lipinski definition) is 3. The molecule has 1 aliphatic heterocycles. The maximum Gasteiger partial charge on any atom is 0.278 e. The van der Waals surface area contributed by atoms with E-state index in [0.717, 1.165) is 16.8 Å². The highest BCUT2D eigenvalue weighted by Crippen LogP contribution is 2.33. The van der Waals surface area contributed by atoms with Gasteiger partial charge in [-0.1, -0.05) is 35.9 Å². The highest BCUT2D eigenvalue weighted by Gasteiger charge is 2.40. The van der Waals surface area contributed by atoms with Crippen molar-refractivity contribution in [1.82, 2.24) is 4.90 Å². The lowest BCUT2D eigenvalue weighted by atomic mass is 10.0. The summed E-state index contributed by atoms with van der Waals surface area (Å²) >= 11 is 5.97. The number of benzene rings is 2. The van der Waals surface area contributed by atoms with E-state index < -0.39 is 0 Å². The number of hydrogen-bond donors (Lipinski definition) is 1. The number of carbonyl (C=O) groups is 2. The van der Waals surface area contributed by atoms with E-state index in [9.17, 15) is 9.59 Å². The average Bonchev–Trinajstić information content (AvgIpc) is 2.82. The zero-order valence-electron chi connectivity index (χ0n) is 15.3. The van der Waals surface area contributed by atoms with Gasteiger partial charge >= 0.3 is 0 Å². The topological polar surface area (TPSA) is 49.4 Å². The first-order valence-corrected chi connectivity index (χ1v) is 8.89. The van der Waals surface area contributed by atoms with E-state index in [1.165, 1.54) is 4.90 Å². The summed E-state index contributed by atoms with van der Waals surface area (Å²) in [6, 6.07) is 12.7. The molecule has 2 aromatic carbocycles. The quantitative estimate of drug-likeness (QED) is 0.805. The molecule has 0 bridgehead atoms. The first-order chi connectivity index (χ1) is 12.3. The van der Waals surface area contributed by atoms with E-state index in [0.29, 0.717) is 21.9 Å². The van der Waals surface area contributed by atoms with Crippen LogP contribution >= 0.6 is 11.6 Å². The van der Waals surface area contributed by atoms with Crippen molar-refractivity contribution in [1.29, 1.82) is 0 Å². The van der Waals surface area contributed by atoms with Crippen LogP contribution in [0.3, 0.4) is 0 Å². The van der Waals surface area contributed by atoms with Crippen LogP contribution in [-0.2, 0) is 9.59 Å². The van der Waals surface area contributed by atoms with Crippen LogP contribution in [0.5, 0.6) is 0 Å². The normalized spacial score (nSPS) is 14.6. The minimum absolute atomic E-state index is 0.227. The Morgan fingerprint density at radius 2 is 1.62 bits per heavy atom. The third kappa shape index (κ3) is 3.25. The molecule has 2 amide bonds. The van der Waals surface area contributed by atoms with Gasteiger partial charge in [0.15, 0.2) is 0 Å². The Balaban J connectivity index is 2.13. The van der Waals surface area contributed by atoms with Crippen molar-refractivity contribution in [2.24, 2.45) is 0 Å². The molecule has 1 aliphatic rings. The first-order valence-electron chi connectivity index (χ1n) is 8.52. The summed E-state index contributed by atoms with van der Waals surface area (Å²) in [4.78, 5) is 27.2. The zero-order chi connectivity index (χ0) is 19.0. The lowest BCUT2D eigenvalue weighted by molar-refractivity contribution is -0.138. The summed E-state index contributed by atoms with van der Waals surface area (Å²) in [6.07, 6.45) is 0.